The van der Waals surface area contributed by atoms with Gasteiger partial charge in [-0.05, 0) is 24.3 Å². The monoisotopic (exact) mass is 241 g/mol. The van der Waals surface area contributed by atoms with E-state index in [1.54, 1.807) is 37.7 Å². The summed E-state index contributed by atoms with van der Waals surface area (Å²) in [5, 5.41) is 9.88. The number of fused-ring (bicyclic) bond motifs is 1. The number of H-pyrrole nitrogens is 1. The SMILES string of the molecule is COc1ccc(O)c(-c2nc3ccncc3[nH]2)c1. The Morgan fingerprint density at radius 3 is 2.94 bits per heavy atom. The molecule has 0 radical (unpaired) electrons. The van der Waals surface area contributed by atoms with Gasteiger partial charge >= 0.3 is 0 Å². The molecule has 0 saturated carbocycles. The maximum atomic E-state index is 9.88. The zero-order valence-corrected chi connectivity index (χ0v) is 9.71. The highest BCUT2D eigenvalue weighted by molar-refractivity contribution is 5.80. The molecule has 5 nitrogen and oxygen atoms in total. The second kappa shape index (κ2) is 4.03. The molecule has 1 aromatic carbocycles. The van der Waals surface area contributed by atoms with Gasteiger partial charge in [0.25, 0.3) is 0 Å². The summed E-state index contributed by atoms with van der Waals surface area (Å²) in [7, 11) is 1.58. The number of imidazole rings is 1. The minimum atomic E-state index is 0.155. The van der Waals surface area contributed by atoms with Gasteiger partial charge < -0.3 is 14.8 Å². The van der Waals surface area contributed by atoms with E-state index in [-0.39, 0.29) is 5.75 Å². The van der Waals surface area contributed by atoms with Gasteiger partial charge in [-0.2, -0.15) is 0 Å². The molecule has 90 valence electrons. The first kappa shape index (κ1) is 10.6. The molecular weight excluding hydrogens is 230 g/mol. The standard InChI is InChI=1S/C13H11N3O2/c1-18-8-2-3-12(17)9(6-8)13-15-10-4-5-14-7-11(10)16-13/h2-7,17H,1H3,(H,15,16). The first-order chi connectivity index (χ1) is 8.78. The van der Waals surface area contributed by atoms with Crippen molar-refractivity contribution in [3.63, 3.8) is 0 Å². The number of phenols is 1. The number of nitrogens with one attached hydrogen (secondary N) is 1. The zero-order chi connectivity index (χ0) is 12.5. The summed E-state index contributed by atoms with van der Waals surface area (Å²) in [5.41, 5.74) is 2.24. The molecule has 3 rings (SSSR count). The van der Waals surface area contributed by atoms with Gasteiger partial charge in [-0.15, -0.1) is 0 Å². The fourth-order valence-corrected chi connectivity index (χ4v) is 1.82. The van der Waals surface area contributed by atoms with Crippen molar-refractivity contribution in [3.8, 4) is 22.9 Å². The third-order valence-electron chi connectivity index (χ3n) is 2.74. The molecule has 2 heterocycles. The third kappa shape index (κ3) is 1.66. The number of aromatic hydroxyl groups is 1. The summed E-state index contributed by atoms with van der Waals surface area (Å²) in [5.74, 6) is 1.42. The molecular formula is C13H11N3O2. The van der Waals surface area contributed by atoms with E-state index in [2.05, 4.69) is 15.0 Å². The smallest absolute Gasteiger partial charge is 0.142 e. The van der Waals surface area contributed by atoms with Crippen LogP contribution in [0.1, 0.15) is 0 Å². The molecule has 0 atom stereocenters. The topological polar surface area (TPSA) is 71.0 Å². The zero-order valence-electron chi connectivity index (χ0n) is 9.71. The Balaban J connectivity index is 2.19. The van der Waals surface area contributed by atoms with Crippen molar-refractivity contribution in [3.05, 3.63) is 36.7 Å². The van der Waals surface area contributed by atoms with Crippen molar-refractivity contribution in [2.75, 3.05) is 7.11 Å². The summed E-state index contributed by atoms with van der Waals surface area (Å²) in [4.78, 5) is 11.5. The van der Waals surface area contributed by atoms with Crippen molar-refractivity contribution in [2.24, 2.45) is 0 Å². The molecule has 0 aliphatic carbocycles. The van der Waals surface area contributed by atoms with E-state index in [0.29, 0.717) is 17.1 Å². The van der Waals surface area contributed by atoms with Gasteiger partial charge in [0, 0.05) is 6.20 Å². The predicted molar refractivity (Wildman–Crippen MR) is 67.5 cm³/mol. The summed E-state index contributed by atoms with van der Waals surface area (Å²) in [6.07, 6.45) is 3.38. The number of pyridine rings is 1. The van der Waals surface area contributed by atoms with Crippen LogP contribution in [-0.2, 0) is 0 Å². The fraction of sp³-hybridized carbons (Fsp3) is 0.0769. The number of ether oxygens (including phenoxy) is 1. The molecule has 0 unspecified atom stereocenters. The van der Waals surface area contributed by atoms with Crippen molar-refractivity contribution < 1.29 is 9.84 Å². The van der Waals surface area contributed by atoms with Gasteiger partial charge in [0.05, 0.1) is 29.9 Å². The number of hydrogen-bond acceptors (Lipinski definition) is 4. The largest absolute Gasteiger partial charge is 0.507 e. The normalized spacial score (nSPS) is 10.7. The first-order valence-corrected chi connectivity index (χ1v) is 5.45. The van der Waals surface area contributed by atoms with Crippen LogP contribution in [0.4, 0.5) is 0 Å². The van der Waals surface area contributed by atoms with Gasteiger partial charge in [0.2, 0.25) is 0 Å². The Morgan fingerprint density at radius 1 is 1.28 bits per heavy atom. The highest BCUT2D eigenvalue weighted by atomic mass is 16.5. The average Bonchev–Trinajstić information content (AvgIpc) is 2.82. The molecule has 0 aliphatic rings. The van der Waals surface area contributed by atoms with Gasteiger partial charge in [0.15, 0.2) is 0 Å². The lowest BCUT2D eigenvalue weighted by atomic mass is 10.2. The van der Waals surface area contributed by atoms with Crippen LogP contribution in [0.5, 0.6) is 11.5 Å². The predicted octanol–water partition coefficient (Wildman–Crippen LogP) is 2.34. The number of benzene rings is 1. The summed E-state index contributed by atoms with van der Waals surface area (Å²) in [6.45, 7) is 0. The maximum Gasteiger partial charge on any atom is 0.142 e. The van der Waals surface area contributed by atoms with Crippen molar-refractivity contribution >= 4 is 11.0 Å². The number of aromatic nitrogens is 3. The lowest BCUT2D eigenvalue weighted by molar-refractivity contribution is 0.412. The van der Waals surface area contributed by atoms with Crippen LogP contribution in [-0.4, -0.2) is 27.2 Å². The maximum absolute atomic E-state index is 9.88. The molecule has 0 aliphatic heterocycles. The van der Waals surface area contributed by atoms with Crippen LogP contribution in [0.3, 0.4) is 0 Å². The van der Waals surface area contributed by atoms with E-state index < -0.39 is 0 Å². The van der Waals surface area contributed by atoms with E-state index >= 15 is 0 Å². The molecule has 18 heavy (non-hydrogen) atoms. The van der Waals surface area contributed by atoms with Crippen molar-refractivity contribution in [2.45, 2.75) is 0 Å². The first-order valence-electron chi connectivity index (χ1n) is 5.45. The second-order valence-corrected chi connectivity index (χ2v) is 3.86. The van der Waals surface area contributed by atoms with E-state index in [4.69, 9.17) is 4.74 Å². The fourth-order valence-electron chi connectivity index (χ4n) is 1.82. The molecule has 2 aromatic heterocycles. The lowest BCUT2D eigenvalue weighted by Gasteiger charge is -2.04. The Bertz CT molecular complexity index is 673. The number of aromatic amines is 1. The second-order valence-electron chi connectivity index (χ2n) is 3.86. The van der Waals surface area contributed by atoms with Crippen LogP contribution in [0.15, 0.2) is 36.7 Å². The molecule has 0 saturated heterocycles. The van der Waals surface area contributed by atoms with E-state index in [1.165, 1.54) is 0 Å². The van der Waals surface area contributed by atoms with Gasteiger partial charge in [-0.1, -0.05) is 0 Å². The van der Waals surface area contributed by atoms with Crippen LogP contribution in [0.25, 0.3) is 22.4 Å². The Kier molecular flexibility index (Phi) is 2.37. The summed E-state index contributed by atoms with van der Waals surface area (Å²) < 4.78 is 5.14. The van der Waals surface area contributed by atoms with Crippen LogP contribution in [0.2, 0.25) is 0 Å². The summed E-state index contributed by atoms with van der Waals surface area (Å²) in [6, 6.07) is 6.83. The highest BCUT2D eigenvalue weighted by Crippen LogP contribution is 2.31. The van der Waals surface area contributed by atoms with Crippen molar-refractivity contribution in [1.29, 1.82) is 0 Å². The number of rotatable bonds is 2. The molecule has 0 amide bonds. The van der Waals surface area contributed by atoms with Crippen molar-refractivity contribution in [1.82, 2.24) is 15.0 Å². The minimum absolute atomic E-state index is 0.155. The lowest BCUT2D eigenvalue weighted by Crippen LogP contribution is -1.86. The highest BCUT2D eigenvalue weighted by Gasteiger charge is 2.10. The Morgan fingerprint density at radius 2 is 2.17 bits per heavy atom. The third-order valence-corrected chi connectivity index (χ3v) is 2.74. The molecule has 2 N–H and O–H groups in total. The van der Waals surface area contributed by atoms with Gasteiger partial charge in [-0.3, -0.25) is 4.98 Å². The van der Waals surface area contributed by atoms with Gasteiger partial charge in [0.1, 0.15) is 17.3 Å². The number of phenolic OH excluding ortho intramolecular Hbond substituents is 1. The van der Waals surface area contributed by atoms with E-state index in [1.807, 2.05) is 6.07 Å². The number of nitrogens with zero attached hydrogens (tertiary/aromatic N) is 2. The molecule has 0 bridgehead atoms. The Hall–Kier alpha value is -2.56. The van der Waals surface area contributed by atoms with Gasteiger partial charge in [-0.25, -0.2) is 4.98 Å². The van der Waals surface area contributed by atoms with E-state index in [0.717, 1.165) is 11.0 Å². The quantitative estimate of drug-likeness (QED) is 0.722. The minimum Gasteiger partial charge on any atom is -0.507 e. The number of hydrogen-bond donors (Lipinski definition) is 2. The number of methoxy groups -OCH3 is 1. The van der Waals surface area contributed by atoms with Crippen LogP contribution in [0, 0.1) is 0 Å². The van der Waals surface area contributed by atoms with Crippen LogP contribution >= 0.6 is 0 Å². The summed E-state index contributed by atoms with van der Waals surface area (Å²) >= 11 is 0. The molecule has 3 aromatic rings. The Labute approximate surface area is 103 Å². The van der Waals surface area contributed by atoms with Crippen LogP contribution < -0.4 is 4.74 Å². The molecule has 0 fully saturated rings. The molecule has 0 spiro atoms. The average molecular weight is 241 g/mol. The van der Waals surface area contributed by atoms with E-state index in [9.17, 15) is 5.11 Å². The molecule has 5 heteroatoms.